The summed E-state index contributed by atoms with van der Waals surface area (Å²) in [4.78, 5) is 3.75. The summed E-state index contributed by atoms with van der Waals surface area (Å²) in [6.07, 6.45) is 3.48. The van der Waals surface area contributed by atoms with Crippen molar-refractivity contribution in [3.63, 3.8) is 0 Å². The summed E-state index contributed by atoms with van der Waals surface area (Å²) < 4.78 is 2.44. The molecule has 2 heterocycles. The van der Waals surface area contributed by atoms with Gasteiger partial charge in [0.15, 0.2) is 17.4 Å². The molecule has 0 spiro atoms. The van der Waals surface area contributed by atoms with Crippen molar-refractivity contribution in [3.8, 4) is 0 Å². The van der Waals surface area contributed by atoms with E-state index in [1.165, 1.54) is 32.6 Å². The average Bonchev–Trinajstić information content (AvgIpc) is 2.90. The predicted octanol–water partition coefficient (Wildman–Crippen LogP) is 5.49. The van der Waals surface area contributed by atoms with Gasteiger partial charge in [-0.3, -0.25) is 0 Å². The Kier molecular flexibility index (Phi) is 5.00. The van der Waals surface area contributed by atoms with Crippen LogP contribution in [0.4, 0.5) is 5.69 Å². The average molecular weight is 340 g/mol. The fourth-order valence-corrected chi connectivity index (χ4v) is 4.72. The summed E-state index contributed by atoms with van der Waals surface area (Å²) in [6.45, 7) is 12.2. The van der Waals surface area contributed by atoms with Crippen LogP contribution in [0.25, 0.3) is 6.08 Å². The zero-order valence-electron chi connectivity index (χ0n) is 15.3. The number of fused-ring (bicyclic) bond motifs is 1. The second-order valence-electron chi connectivity index (χ2n) is 6.50. The van der Waals surface area contributed by atoms with Crippen molar-refractivity contribution in [1.82, 2.24) is 0 Å². The van der Waals surface area contributed by atoms with E-state index in [1.807, 2.05) is 11.8 Å². The Morgan fingerprint density at radius 1 is 1.12 bits per heavy atom. The topological polar surface area (TPSA) is 7.12 Å². The van der Waals surface area contributed by atoms with Crippen LogP contribution in [-0.2, 0) is 0 Å². The highest BCUT2D eigenvalue weighted by Gasteiger charge is 2.24. The quantitative estimate of drug-likeness (QED) is 0.680. The van der Waals surface area contributed by atoms with Crippen LogP contribution in [-0.4, -0.2) is 6.54 Å². The van der Waals surface area contributed by atoms with Crippen molar-refractivity contribution in [1.29, 1.82) is 0 Å². The van der Waals surface area contributed by atoms with E-state index < -0.39 is 0 Å². The number of anilines is 1. The number of hydrogen-bond donors (Lipinski definition) is 0. The summed E-state index contributed by atoms with van der Waals surface area (Å²) in [6, 6.07) is 13.8. The fourth-order valence-electron chi connectivity index (χ4n) is 3.53. The minimum Gasteiger partial charge on any atom is -0.335 e. The summed E-state index contributed by atoms with van der Waals surface area (Å²) in [5.74, 6) is 0. The van der Waals surface area contributed by atoms with Crippen molar-refractivity contribution in [3.05, 3.63) is 58.4 Å². The summed E-state index contributed by atoms with van der Waals surface area (Å²) in [5, 5.41) is 1.32. The maximum Gasteiger partial charge on any atom is 0.179 e. The van der Waals surface area contributed by atoms with E-state index in [-0.39, 0.29) is 0 Å². The van der Waals surface area contributed by atoms with Crippen molar-refractivity contribution in [2.24, 2.45) is 0 Å². The molecule has 0 unspecified atom stereocenters. The number of aromatic nitrogens is 1. The molecule has 0 amide bonds. The predicted molar refractivity (Wildman–Crippen MR) is 104 cm³/mol. The van der Waals surface area contributed by atoms with E-state index in [9.17, 15) is 0 Å². The summed E-state index contributed by atoms with van der Waals surface area (Å²) in [5.41, 5.74) is 5.29. The zero-order chi connectivity index (χ0) is 17.3. The molecule has 1 aromatic carbocycles. The molecule has 3 heteroatoms. The zero-order valence-corrected chi connectivity index (χ0v) is 16.2. The Hall–Kier alpha value is -1.74. The molecular formula is C21H27N2S+. The molecule has 1 atom stereocenters. The maximum absolute atomic E-state index is 2.44. The van der Waals surface area contributed by atoms with Crippen LogP contribution in [0.2, 0.25) is 0 Å². The molecular weight excluding hydrogens is 312 g/mol. The van der Waals surface area contributed by atoms with E-state index in [1.54, 1.807) is 0 Å². The standard InChI is InChI=1S/C21H27N2S/c1-6-15(3)23-16(4)12-18(13-17(23)5)14-21-22(7-2)19-10-8-9-11-20(19)24-21/h8-15H,6-7H2,1-5H3/q+1/t15-/m0/s1. The molecule has 1 aliphatic rings. The molecule has 3 rings (SSSR count). The van der Waals surface area contributed by atoms with Crippen LogP contribution in [0.1, 0.15) is 50.2 Å². The van der Waals surface area contributed by atoms with Gasteiger partial charge >= 0.3 is 0 Å². The third kappa shape index (κ3) is 3.10. The first-order valence-electron chi connectivity index (χ1n) is 8.84. The molecule has 2 nitrogen and oxygen atoms in total. The van der Waals surface area contributed by atoms with Gasteiger partial charge in [-0.25, -0.2) is 0 Å². The Labute approximate surface area is 150 Å². The highest BCUT2D eigenvalue weighted by Crippen LogP contribution is 2.46. The lowest BCUT2D eigenvalue weighted by molar-refractivity contribution is -0.730. The van der Waals surface area contributed by atoms with E-state index in [0.29, 0.717) is 6.04 Å². The van der Waals surface area contributed by atoms with Crippen LogP contribution in [0.3, 0.4) is 0 Å². The normalized spacial score (nSPS) is 16.5. The number of aryl methyl sites for hydroxylation is 2. The molecule has 1 aromatic heterocycles. The monoisotopic (exact) mass is 339 g/mol. The molecule has 0 saturated heterocycles. The lowest BCUT2D eigenvalue weighted by Gasteiger charge is -2.18. The SMILES string of the molecule is CC[C@H](C)[n+]1c(C)cc(C=C2Sc3ccccc3N2CC)cc1C. The Morgan fingerprint density at radius 3 is 2.42 bits per heavy atom. The van der Waals surface area contributed by atoms with Crippen molar-refractivity contribution >= 4 is 23.5 Å². The van der Waals surface area contributed by atoms with Gasteiger partial charge in [0.2, 0.25) is 0 Å². The number of thioether (sulfide) groups is 1. The lowest BCUT2D eigenvalue weighted by atomic mass is 10.1. The second-order valence-corrected chi connectivity index (χ2v) is 7.56. The molecule has 0 fully saturated rings. The van der Waals surface area contributed by atoms with Gasteiger partial charge in [0, 0.05) is 43.8 Å². The van der Waals surface area contributed by atoms with Crippen LogP contribution < -0.4 is 9.47 Å². The second kappa shape index (κ2) is 7.02. The van der Waals surface area contributed by atoms with Crippen molar-refractivity contribution in [2.45, 2.75) is 52.0 Å². The van der Waals surface area contributed by atoms with Gasteiger partial charge in [-0.15, -0.1) is 0 Å². The summed E-state index contributed by atoms with van der Waals surface area (Å²) in [7, 11) is 0. The van der Waals surface area contributed by atoms with Crippen molar-refractivity contribution in [2.75, 3.05) is 11.4 Å². The third-order valence-electron chi connectivity index (χ3n) is 4.79. The minimum absolute atomic E-state index is 0.545. The Balaban J connectivity index is 1.98. The Morgan fingerprint density at radius 2 is 1.79 bits per heavy atom. The number of nitrogens with zero attached hydrogens (tertiary/aromatic N) is 2. The number of rotatable bonds is 4. The molecule has 0 saturated carbocycles. The maximum atomic E-state index is 2.44. The molecule has 126 valence electrons. The van der Waals surface area contributed by atoms with Gasteiger partial charge in [0.1, 0.15) is 0 Å². The molecule has 1 aliphatic heterocycles. The van der Waals surface area contributed by atoms with E-state index in [2.05, 4.69) is 86.6 Å². The van der Waals surface area contributed by atoms with E-state index in [0.717, 1.165) is 13.0 Å². The van der Waals surface area contributed by atoms with Gasteiger partial charge in [0.25, 0.3) is 0 Å². The number of pyridine rings is 1. The third-order valence-corrected chi connectivity index (χ3v) is 5.90. The van der Waals surface area contributed by atoms with Crippen LogP contribution in [0.15, 0.2) is 46.3 Å². The molecule has 24 heavy (non-hydrogen) atoms. The minimum atomic E-state index is 0.545. The number of para-hydroxylation sites is 1. The van der Waals surface area contributed by atoms with Crippen LogP contribution >= 0.6 is 11.8 Å². The van der Waals surface area contributed by atoms with Gasteiger partial charge in [-0.05, 0) is 37.6 Å². The molecule has 0 N–H and O–H groups in total. The smallest absolute Gasteiger partial charge is 0.179 e. The van der Waals surface area contributed by atoms with Gasteiger partial charge < -0.3 is 4.90 Å². The molecule has 0 bridgehead atoms. The first-order valence-corrected chi connectivity index (χ1v) is 9.65. The van der Waals surface area contributed by atoms with Crippen molar-refractivity contribution < 1.29 is 4.57 Å². The Bertz CT molecular complexity index is 756. The first-order chi connectivity index (χ1) is 11.5. The van der Waals surface area contributed by atoms with Crippen LogP contribution in [0.5, 0.6) is 0 Å². The highest BCUT2D eigenvalue weighted by atomic mass is 32.2. The van der Waals surface area contributed by atoms with Gasteiger partial charge in [0.05, 0.1) is 10.7 Å². The summed E-state index contributed by atoms with van der Waals surface area (Å²) >= 11 is 1.87. The lowest BCUT2D eigenvalue weighted by Crippen LogP contribution is -2.43. The number of hydrogen-bond acceptors (Lipinski definition) is 2. The first kappa shape index (κ1) is 17.1. The van der Waals surface area contributed by atoms with E-state index in [4.69, 9.17) is 0 Å². The van der Waals surface area contributed by atoms with E-state index >= 15 is 0 Å². The molecule has 2 aromatic rings. The van der Waals surface area contributed by atoms with Gasteiger partial charge in [-0.2, -0.15) is 4.57 Å². The number of benzene rings is 1. The molecule has 0 aliphatic carbocycles. The highest BCUT2D eigenvalue weighted by molar-refractivity contribution is 8.03. The largest absolute Gasteiger partial charge is 0.335 e. The van der Waals surface area contributed by atoms with Gasteiger partial charge in [-0.1, -0.05) is 30.8 Å². The molecule has 0 radical (unpaired) electrons. The van der Waals surface area contributed by atoms with Crippen LogP contribution in [0, 0.1) is 13.8 Å². The fraction of sp³-hybridized carbons (Fsp3) is 0.381.